The molecular formula is C7H13Na3O7. The third kappa shape index (κ3) is 13.6. The van der Waals surface area contributed by atoms with Gasteiger partial charge in [0.25, 0.3) is 0 Å². The molecule has 0 heterocycles. The largest absolute Gasteiger partial charge is 1.00 e. The maximum absolute atomic E-state index is 10.7. The Labute approximate surface area is 169 Å². The van der Waals surface area contributed by atoms with E-state index in [2.05, 4.69) is 4.74 Å². The van der Waals surface area contributed by atoms with Crippen LogP contribution in [-0.4, -0.2) is 45.4 Å². The summed E-state index contributed by atoms with van der Waals surface area (Å²) in [6.45, 7) is 1.09. The maximum atomic E-state index is 10.7. The zero-order chi connectivity index (χ0) is 11.3. The summed E-state index contributed by atoms with van der Waals surface area (Å²) in [4.78, 5) is 31.2. The van der Waals surface area contributed by atoms with Gasteiger partial charge in [-0.05, 0) is 6.92 Å². The normalized spacial score (nSPS) is 11.6. The molecule has 0 aliphatic heterocycles. The Morgan fingerprint density at radius 2 is 1.59 bits per heavy atom. The van der Waals surface area contributed by atoms with Crippen LogP contribution in [0.15, 0.2) is 0 Å². The minimum Gasteiger partial charge on any atom is -1.00 e. The molecule has 0 amide bonds. The Morgan fingerprint density at radius 3 is 1.82 bits per heavy atom. The van der Waals surface area contributed by atoms with Crippen LogP contribution in [0.5, 0.6) is 0 Å². The smallest absolute Gasteiger partial charge is 1.00 e. The number of aliphatic hydroxyl groups is 1. The predicted molar refractivity (Wildman–Crippen MR) is 44.8 cm³/mol. The van der Waals surface area contributed by atoms with E-state index in [1.807, 2.05) is 0 Å². The van der Waals surface area contributed by atoms with Crippen LogP contribution in [0.4, 0.5) is 0 Å². The van der Waals surface area contributed by atoms with Crippen molar-refractivity contribution in [3.05, 3.63) is 0 Å². The molecule has 2 unspecified atom stereocenters. The van der Waals surface area contributed by atoms with Crippen LogP contribution in [0.2, 0.25) is 0 Å². The Kier molecular flexibility index (Phi) is 21.8. The molecule has 0 spiro atoms. The molecule has 0 saturated carbocycles. The second-order valence-electron chi connectivity index (χ2n) is 2.54. The molecule has 0 saturated heterocycles. The molecule has 0 aromatic rings. The molecule has 0 aromatic heterocycles. The van der Waals surface area contributed by atoms with Crippen molar-refractivity contribution in [2.75, 3.05) is 0 Å². The monoisotopic (exact) mass is 278 g/mol. The number of hydrogen-bond acceptors (Lipinski definition) is 5. The topological polar surface area (TPSA) is 121 Å². The van der Waals surface area contributed by atoms with Crippen molar-refractivity contribution in [2.45, 2.75) is 25.6 Å². The van der Waals surface area contributed by atoms with Crippen molar-refractivity contribution in [3.63, 3.8) is 0 Å². The molecule has 0 fully saturated rings. The Balaban J connectivity index is -0.0000000563. The first-order valence-corrected chi connectivity index (χ1v) is 3.67. The molecular weight excluding hydrogens is 265 g/mol. The Hall–Kier alpha value is 1.37. The molecule has 2 atom stereocenters. The zero-order valence-corrected chi connectivity index (χ0v) is 16.3. The third-order valence-electron chi connectivity index (χ3n) is 1.23. The Morgan fingerprint density at radius 1 is 1.18 bits per heavy atom. The van der Waals surface area contributed by atoms with Crippen LogP contribution < -0.4 is 88.7 Å². The fraction of sp³-hybridized carbons (Fsp3) is 0.571. The number of hydrogen-bond donors (Lipinski definition) is 3. The van der Waals surface area contributed by atoms with Crippen molar-refractivity contribution >= 4 is 17.9 Å². The van der Waals surface area contributed by atoms with E-state index in [9.17, 15) is 14.4 Å². The van der Waals surface area contributed by atoms with E-state index < -0.39 is 36.5 Å². The summed E-state index contributed by atoms with van der Waals surface area (Å²) in [5.41, 5.74) is 0. The number of rotatable bonds is 5. The molecule has 86 valence electrons. The summed E-state index contributed by atoms with van der Waals surface area (Å²) < 4.78 is 4.21. The fourth-order valence-corrected chi connectivity index (χ4v) is 0.577. The van der Waals surface area contributed by atoms with E-state index in [4.69, 9.17) is 15.3 Å². The summed E-state index contributed by atoms with van der Waals surface area (Å²) in [7, 11) is 0. The number of carbonyl (C=O) groups is 3. The molecule has 0 aromatic carbocycles. The van der Waals surface area contributed by atoms with E-state index in [-0.39, 0.29) is 93.0 Å². The summed E-state index contributed by atoms with van der Waals surface area (Å²) in [6, 6.07) is 0. The molecule has 7 nitrogen and oxygen atoms in total. The molecule has 10 heteroatoms. The number of aliphatic carboxylic acids is 2. The summed E-state index contributed by atoms with van der Waals surface area (Å²) in [5, 5.41) is 25.4. The molecule has 0 bridgehead atoms. The van der Waals surface area contributed by atoms with Gasteiger partial charge in [-0.15, -0.1) is 0 Å². The van der Waals surface area contributed by atoms with Crippen LogP contribution in [0, 0.1) is 0 Å². The van der Waals surface area contributed by atoms with Gasteiger partial charge in [0.05, 0.1) is 6.42 Å². The van der Waals surface area contributed by atoms with E-state index in [0.29, 0.717) is 0 Å². The van der Waals surface area contributed by atoms with Gasteiger partial charge in [0.15, 0.2) is 0 Å². The van der Waals surface area contributed by atoms with Crippen molar-refractivity contribution in [3.8, 4) is 0 Å². The standard InChI is InChI=1S/C7H10O7.3Na.3H/c1-3(8)7(13)14-4(6(11)12)2-5(9)10;;;;;;/h3-4,8H,2H2,1H3,(H,9,10)(H,11,12);;;;;;/q;3*+1;3*-1. The van der Waals surface area contributed by atoms with Gasteiger partial charge < -0.3 is 24.3 Å². The van der Waals surface area contributed by atoms with E-state index in [0.717, 1.165) is 6.92 Å². The van der Waals surface area contributed by atoms with Crippen LogP contribution in [-0.2, 0) is 19.1 Å². The fourth-order valence-electron chi connectivity index (χ4n) is 0.577. The minimum absolute atomic E-state index is 0. The summed E-state index contributed by atoms with van der Waals surface area (Å²) in [6.07, 6.45) is -4.09. The predicted octanol–water partition coefficient (Wildman–Crippen LogP) is -9.81. The third-order valence-corrected chi connectivity index (χ3v) is 1.23. The van der Waals surface area contributed by atoms with Crippen molar-refractivity contribution in [2.24, 2.45) is 0 Å². The summed E-state index contributed by atoms with van der Waals surface area (Å²) in [5.74, 6) is -4.14. The number of ether oxygens (including phenoxy) is 1. The molecule has 3 N–H and O–H groups in total. The average Bonchev–Trinajstić information content (AvgIpc) is 2.01. The number of carboxylic acids is 2. The quantitative estimate of drug-likeness (QED) is 0.337. The number of aliphatic hydroxyl groups excluding tert-OH is 1. The average molecular weight is 278 g/mol. The van der Waals surface area contributed by atoms with E-state index in [1.54, 1.807) is 0 Å². The second kappa shape index (κ2) is 13.8. The van der Waals surface area contributed by atoms with Gasteiger partial charge in [-0.25, -0.2) is 9.59 Å². The van der Waals surface area contributed by atoms with Gasteiger partial charge in [-0.1, -0.05) is 0 Å². The van der Waals surface area contributed by atoms with Crippen LogP contribution >= 0.6 is 0 Å². The molecule has 0 rings (SSSR count). The van der Waals surface area contributed by atoms with Crippen molar-refractivity contribution in [1.82, 2.24) is 0 Å². The number of carbonyl (C=O) groups excluding carboxylic acids is 1. The van der Waals surface area contributed by atoms with Gasteiger partial charge in [-0.3, -0.25) is 4.79 Å². The summed E-state index contributed by atoms with van der Waals surface area (Å²) >= 11 is 0. The SMILES string of the molecule is CC(O)C(=O)OC(CC(=O)O)C(=O)O.[H-].[H-].[H-].[Na+].[Na+].[Na+]. The van der Waals surface area contributed by atoms with Gasteiger partial charge in [-0.2, -0.15) is 0 Å². The van der Waals surface area contributed by atoms with Crippen molar-refractivity contribution in [1.29, 1.82) is 0 Å². The van der Waals surface area contributed by atoms with Gasteiger partial charge >= 0.3 is 107 Å². The first kappa shape index (κ1) is 26.8. The Bertz CT molecular complexity index is 268. The second-order valence-corrected chi connectivity index (χ2v) is 2.54. The van der Waals surface area contributed by atoms with Crippen LogP contribution in [0.25, 0.3) is 0 Å². The first-order chi connectivity index (χ1) is 6.34. The van der Waals surface area contributed by atoms with Gasteiger partial charge in [0.2, 0.25) is 6.10 Å². The van der Waals surface area contributed by atoms with Gasteiger partial charge in [0, 0.05) is 0 Å². The van der Waals surface area contributed by atoms with E-state index >= 15 is 0 Å². The zero-order valence-electron chi connectivity index (χ0n) is 13.3. The molecule has 17 heavy (non-hydrogen) atoms. The number of carboxylic acid groups (broad SMARTS) is 2. The van der Waals surface area contributed by atoms with E-state index in [1.165, 1.54) is 0 Å². The van der Waals surface area contributed by atoms with Crippen molar-refractivity contribution < 1.29 is 127 Å². The molecule has 0 aliphatic rings. The minimum atomic E-state index is -1.77. The maximum Gasteiger partial charge on any atom is 1.00 e. The molecule has 0 aliphatic carbocycles. The first-order valence-electron chi connectivity index (χ1n) is 3.67. The van der Waals surface area contributed by atoms with Crippen LogP contribution in [0.3, 0.4) is 0 Å². The number of esters is 1. The van der Waals surface area contributed by atoms with Gasteiger partial charge in [0.1, 0.15) is 6.10 Å². The van der Waals surface area contributed by atoms with Crippen LogP contribution in [0.1, 0.15) is 17.6 Å². The molecule has 0 radical (unpaired) electrons.